The predicted molar refractivity (Wildman–Crippen MR) is 76.2 cm³/mol. The fourth-order valence-electron chi connectivity index (χ4n) is 1.81. The third-order valence-corrected chi connectivity index (χ3v) is 3.14. The molecule has 0 aliphatic rings. The van der Waals surface area contributed by atoms with Crippen LogP contribution in [0.2, 0.25) is 5.02 Å². The summed E-state index contributed by atoms with van der Waals surface area (Å²) in [4.78, 5) is 4.39. The summed E-state index contributed by atoms with van der Waals surface area (Å²) in [6, 6.07) is 7.81. The highest BCUT2D eigenvalue weighted by atomic mass is 35.5. The molecule has 0 saturated carbocycles. The Kier molecular flexibility index (Phi) is 4.93. The van der Waals surface area contributed by atoms with Gasteiger partial charge in [-0.05, 0) is 32.0 Å². The van der Waals surface area contributed by atoms with Crippen LogP contribution in [-0.4, -0.2) is 22.7 Å². The second kappa shape index (κ2) is 6.68. The van der Waals surface area contributed by atoms with Gasteiger partial charge < -0.3 is 9.84 Å². The third kappa shape index (κ3) is 3.78. The zero-order valence-corrected chi connectivity index (χ0v) is 11.9. The van der Waals surface area contributed by atoms with Crippen molar-refractivity contribution in [3.63, 3.8) is 0 Å². The van der Waals surface area contributed by atoms with Crippen LogP contribution in [0.25, 0.3) is 11.4 Å². The zero-order valence-electron chi connectivity index (χ0n) is 11.2. The monoisotopic (exact) mass is 279 g/mol. The molecule has 2 aromatic rings. The molecule has 0 radical (unpaired) electrons. The molecule has 1 unspecified atom stereocenters. The fourth-order valence-corrected chi connectivity index (χ4v) is 2.03. The van der Waals surface area contributed by atoms with Gasteiger partial charge >= 0.3 is 0 Å². The van der Waals surface area contributed by atoms with Crippen molar-refractivity contribution in [1.82, 2.24) is 15.5 Å². The Hall–Kier alpha value is -1.39. The van der Waals surface area contributed by atoms with E-state index in [-0.39, 0.29) is 0 Å². The summed E-state index contributed by atoms with van der Waals surface area (Å²) in [5.74, 6) is 1.18. The van der Waals surface area contributed by atoms with Crippen LogP contribution in [0.4, 0.5) is 0 Å². The van der Waals surface area contributed by atoms with E-state index in [0.29, 0.717) is 22.8 Å². The maximum Gasteiger partial charge on any atom is 0.228 e. The molecule has 1 N–H and O–H groups in total. The van der Waals surface area contributed by atoms with Gasteiger partial charge in [-0.2, -0.15) is 4.98 Å². The lowest BCUT2D eigenvalue weighted by molar-refractivity contribution is 0.362. The van der Waals surface area contributed by atoms with Crippen molar-refractivity contribution in [2.24, 2.45) is 0 Å². The topological polar surface area (TPSA) is 51.0 Å². The van der Waals surface area contributed by atoms with Gasteiger partial charge in [-0.15, -0.1) is 0 Å². The van der Waals surface area contributed by atoms with Gasteiger partial charge in [-0.25, -0.2) is 0 Å². The number of aromatic nitrogens is 2. The molecule has 0 spiro atoms. The fraction of sp³-hybridized carbons (Fsp3) is 0.429. The Bertz CT molecular complexity index is 527. The van der Waals surface area contributed by atoms with E-state index in [4.69, 9.17) is 16.1 Å². The standard InChI is InChI=1S/C14H18ClN3O/c1-3-8-16-10(2)9-13-17-14(18-19-13)11-6-4-5-7-12(11)15/h4-7,10,16H,3,8-9H2,1-2H3. The van der Waals surface area contributed by atoms with Crippen LogP contribution in [0.5, 0.6) is 0 Å². The van der Waals surface area contributed by atoms with E-state index in [0.717, 1.165) is 24.9 Å². The number of halogens is 1. The largest absolute Gasteiger partial charge is 0.339 e. The molecule has 5 heteroatoms. The first kappa shape index (κ1) is 14.0. The van der Waals surface area contributed by atoms with Gasteiger partial charge in [0.2, 0.25) is 11.7 Å². The van der Waals surface area contributed by atoms with Crippen molar-refractivity contribution in [1.29, 1.82) is 0 Å². The average molecular weight is 280 g/mol. The Balaban J connectivity index is 2.05. The van der Waals surface area contributed by atoms with Crippen LogP contribution in [0, 0.1) is 0 Å². The van der Waals surface area contributed by atoms with E-state index in [9.17, 15) is 0 Å². The molecule has 0 fully saturated rings. The lowest BCUT2D eigenvalue weighted by atomic mass is 10.2. The normalized spacial score (nSPS) is 12.6. The smallest absolute Gasteiger partial charge is 0.228 e. The van der Waals surface area contributed by atoms with E-state index in [2.05, 4.69) is 29.3 Å². The van der Waals surface area contributed by atoms with E-state index in [1.54, 1.807) is 0 Å². The molecule has 4 nitrogen and oxygen atoms in total. The number of rotatable bonds is 6. The average Bonchev–Trinajstić information content (AvgIpc) is 2.85. The molecule has 1 aromatic carbocycles. The minimum atomic E-state index is 0.319. The number of hydrogen-bond acceptors (Lipinski definition) is 4. The summed E-state index contributed by atoms with van der Waals surface area (Å²) in [5.41, 5.74) is 0.799. The highest BCUT2D eigenvalue weighted by molar-refractivity contribution is 6.33. The quantitative estimate of drug-likeness (QED) is 0.881. The van der Waals surface area contributed by atoms with Crippen molar-refractivity contribution >= 4 is 11.6 Å². The van der Waals surface area contributed by atoms with E-state index in [1.165, 1.54) is 0 Å². The lowest BCUT2D eigenvalue weighted by Gasteiger charge is -2.09. The minimum Gasteiger partial charge on any atom is -0.339 e. The van der Waals surface area contributed by atoms with Crippen LogP contribution in [-0.2, 0) is 6.42 Å². The van der Waals surface area contributed by atoms with Crippen molar-refractivity contribution in [2.75, 3.05) is 6.54 Å². The second-order valence-electron chi connectivity index (χ2n) is 4.55. The number of nitrogens with zero attached hydrogens (tertiary/aromatic N) is 2. The molecule has 1 atom stereocenters. The molecule has 1 heterocycles. The Morgan fingerprint density at radius 1 is 1.37 bits per heavy atom. The van der Waals surface area contributed by atoms with Crippen molar-refractivity contribution in [3.05, 3.63) is 35.2 Å². The molecule has 102 valence electrons. The summed E-state index contributed by atoms with van der Waals surface area (Å²) in [5, 5.41) is 8.00. The van der Waals surface area contributed by atoms with Gasteiger partial charge in [0.05, 0.1) is 5.02 Å². The second-order valence-corrected chi connectivity index (χ2v) is 4.96. The van der Waals surface area contributed by atoms with Gasteiger partial charge in [-0.1, -0.05) is 35.8 Å². The number of benzene rings is 1. The first-order valence-electron chi connectivity index (χ1n) is 6.51. The molecule has 0 aliphatic heterocycles. The molecular weight excluding hydrogens is 262 g/mol. The molecule has 0 amide bonds. The molecule has 0 aliphatic carbocycles. The molecule has 0 bridgehead atoms. The maximum atomic E-state index is 6.11. The van der Waals surface area contributed by atoms with Crippen LogP contribution in [0.15, 0.2) is 28.8 Å². The summed E-state index contributed by atoms with van der Waals surface area (Å²) >= 11 is 6.11. The molecule has 19 heavy (non-hydrogen) atoms. The highest BCUT2D eigenvalue weighted by Gasteiger charge is 2.13. The lowest BCUT2D eigenvalue weighted by Crippen LogP contribution is -2.28. The molecule has 2 rings (SSSR count). The van der Waals surface area contributed by atoms with Gasteiger partial charge in [-0.3, -0.25) is 0 Å². The Labute approximate surface area is 118 Å². The van der Waals surface area contributed by atoms with Crippen LogP contribution in [0.3, 0.4) is 0 Å². The first-order chi connectivity index (χ1) is 9.20. The van der Waals surface area contributed by atoms with Crippen molar-refractivity contribution < 1.29 is 4.52 Å². The van der Waals surface area contributed by atoms with Crippen molar-refractivity contribution in [3.8, 4) is 11.4 Å². The highest BCUT2D eigenvalue weighted by Crippen LogP contribution is 2.24. The van der Waals surface area contributed by atoms with Gasteiger partial charge in [0, 0.05) is 18.0 Å². The Morgan fingerprint density at radius 3 is 2.89 bits per heavy atom. The maximum absolute atomic E-state index is 6.11. The molecule has 0 saturated heterocycles. The van der Waals surface area contributed by atoms with Crippen molar-refractivity contribution in [2.45, 2.75) is 32.7 Å². The molecular formula is C14H18ClN3O. The van der Waals surface area contributed by atoms with Gasteiger partial charge in [0.25, 0.3) is 0 Å². The van der Waals surface area contributed by atoms with Gasteiger partial charge in [0.15, 0.2) is 0 Å². The van der Waals surface area contributed by atoms with Gasteiger partial charge in [0.1, 0.15) is 0 Å². The van der Waals surface area contributed by atoms with E-state index in [1.807, 2.05) is 24.3 Å². The SMILES string of the molecule is CCCNC(C)Cc1nc(-c2ccccc2Cl)no1. The number of nitrogens with one attached hydrogen (secondary N) is 1. The first-order valence-corrected chi connectivity index (χ1v) is 6.89. The summed E-state index contributed by atoms with van der Waals surface area (Å²) in [7, 11) is 0. The molecule has 1 aromatic heterocycles. The summed E-state index contributed by atoms with van der Waals surface area (Å²) in [6.07, 6.45) is 1.83. The van der Waals surface area contributed by atoms with Crippen LogP contribution in [0.1, 0.15) is 26.2 Å². The van der Waals surface area contributed by atoms with E-state index < -0.39 is 0 Å². The predicted octanol–water partition coefficient (Wildman–Crippen LogP) is 3.32. The zero-order chi connectivity index (χ0) is 13.7. The summed E-state index contributed by atoms with van der Waals surface area (Å²) in [6.45, 7) is 5.24. The summed E-state index contributed by atoms with van der Waals surface area (Å²) < 4.78 is 5.26. The van der Waals surface area contributed by atoms with Crippen LogP contribution >= 0.6 is 11.6 Å². The van der Waals surface area contributed by atoms with E-state index >= 15 is 0 Å². The minimum absolute atomic E-state index is 0.319. The number of hydrogen-bond donors (Lipinski definition) is 1. The van der Waals surface area contributed by atoms with Crippen LogP contribution < -0.4 is 5.32 Å². The third-order valence-electron chi connectivity index (χ3n) is 2.81. The Morgan fingerprint density at radius 2 is 2.16 bits per heavy atom.